The summed E-state index contributed by atoms with van der Waals surface area (Å²) in [5.41, 5.74) is 1.17. The summed E-state index contributed by atoms with van der Waals surface area (Å²) in [6.07, 6.45) is 3.83. The Morgan fingerprint density at radius 2 is 2.26 bits per heavy atom. The Kier molecular flexibility index (Phi) is 4.28. The van der Waals surface area contributed by atoms with Crippen LogP contribution in [-0.4, -0.2) is 22.9 Å². The lowest BCUT2D eigenvalue weighted by atomic mass is 9.96. The number of ether oxygens (including phenoxy) is 1. The molecule has 6 nitrogen and oxygen atoms in total. The molecule has 1 aliphatic heterocycles. The van der Waals surface area contributed by atoms with Gasteiger partial charge in [0.1, 0.15) is 17.9 Å². The zero-order valence-electron chi connectivity index (χ0n) is 12.0. The Labute approximate surface area is 131 Å². The molecular weight excluding hydrogens is 304 g/mol. The first kappa shape index (κ1) is 15.1. The second-order valence-corrected chi connectivity index (χ2v) is 5.05. The van der Waals surface area contributed by atoms with Gasteiger partial charge in [0.15, 0.2) is 0 Å². The van der Waals surface area contributed by atoms with E-state index in [1.807, 2.05) is 6.07 Å². The highest BCUT2D eigenvalue weighted by Gasteiger charge is 2.28. The standard InChI is InChI=1S/C15H13F2N5O/c16-15(17)23-12-3-1-2-11(6-12)14-13(4-5-19-21-14)22-9-10(7-18)8-20-22/h1-3,6,8-9,13-15H,4-5H2. The Bertz CT molecular complexity index is 752. The van der Waals surface area contributed by atoms with E-state index in [1.54, 1.807) is 23.0 Å². The molecule has 0 bridgehead atoms. The van der Waals surface area contributed by atoms with E-state index < -0.39 is 6.61 Å². The number of azo groups is 1. The molecule has 1 aliphatic rings. The molecule has 0 N–H and O–H groups in total. The van der Waals surface area contributed by atoms with Gasteiger partial charge in [-0.3, -0.25) is 4.68 Å². The molecule has 0 saturated carbocycles. The smallest absolute Gasteiger partial charge is 0.387 e. The van der Waals surface area contributed by atoms with E-state index in [4.69, 9.17) is 5.26 Å². The number of benzene rings is 1. The fraction of sp³-hybridized carbons (Fsp3) is 0.333. The van der Waals surface area contributed by atoms with Gasteiger partial charge < -0.3 is 4.74 Å². The second kappa shape index (κ2) is 6.52. The van der Waals surface area contributed by atoms with Crippen molar-refractivity contribution in [3.63, 3.8) is 0 Å². The second-order valence-electron chi connectivity index (χ2n) is 5.05. The van der Waals surface area contributed by atoms with Crippen LogP contribution in [0, 0.1) is 11.3 Å². The summed E-state index contributed by atoms with van der Waals surface area (Å²) < 4.78 is 30.9. The minimum absolute atomic E-state index is 0.0789. The van der Waals surface area contributed by atoms with E-state index in [2.05, 4.69) is 20.1 Å². The first-order chi connectivity index (χ1) is 11.2. The summed E-state index contributed by atoms with van der Waals surface area (Å²) in [5.74, 6) is 0.0789. The molecule has 2 unspecified atom stereocenters. The van der Waals surface area contributed by atoms with Crippen molar-refractivity contribution >= 4 is 0 Å². The fourth-order valence-corrected chi connectivity index (χ4v) is 2.59. The Morgan fingerprint density at radius 3 is 3.00 bits per heavy atom. The van der Waals surface area contributed by atoms with Gasteiger partial charge in [0.05, 0.1) is 24.3 Å². The zero-order chi connectivity index (χ0) is 16.2. The van der Waals surface area contributed by atoms with E-state index in [9.17, 15) is 8.78 Å². The molecule has 8 heteroatoms. The topological polar surface area (TPSA) is 75.6 Å². The summed E-state index contributed by atoms with van der Waals surface area (Å²) in [7, 11) is 0. The molecule has 0 fully saturated rings. The van der Waals surface area contributed by atoms with Crippen LogP contribution in [0.2, 0.25) is 0 Å². The predicted molar refractivity (Wildman–Crippen MR) is 76.1 cm³/mol. The lowest BCUT2D eigenvalue weighted by molar-refractivity contribution is -0.0499. The van der Waals surface area contributed by atoms with Crippen LogP contribution in [0.3, 0.4) is 0 Å². The van der Waals surface area contributed by atoms with Gasteiger partial charge in [-0.25, -0.2) is 0 Å². The van der Waals surface area contributed by atoms with E-state index in [0.717, 1.165) is 0 Å². The molecular formula is C15H13F2N5O. The highest BCUT2D eigenvalue weighted by atomic mass is 19.3. The zero-order valence-corrected chi connectivity index (χ0v) is 12.0. The van der Waals surface area contributed by atoms with Crippen molar-refractivity contribution in [2.24, 2.45) is 10.2 Å². The molecule has 0 saturated heterocycles. The van der Waals surface area contributed by atoms with Gasteiger partial charge in [0.2, 0.25) is 0 Å². The first-order valence-corrected chi connectivity index (χ1v) is 7.03. The highest BCUT2D eigenvalue weighted by Crippen LogP contribution is 2.36. The van der Waals surface area contributed by atoms with Gasteiger partial charge in [0.25, 0.3) is 0 Å². The quantitative estimate of drug-likeness (QED) is 0.866. The van der Waals surface area contributed by atoms with Crippen LogP contribution in [0.5, 0.6) is 5.75 Å². The van der Waals surface area contributed by atoms with Gasteiger partial charge in [-0.05, 0) is 24.1 Å². The fourth-order valence-electron chi connectivity index (χ4n) is 2.59. The van der Waals surface area contributed by atoms with Crippen LogP contribution in [-0.2, 0) is 0 Å². The maximum Gasteiger partial charge on any atom is 0.387 e. The number of nitrogens with zero attached hydrogens (tertiary/aromatic N) is 5. The van der Waals surface area contributed by atoms with Gasteiger partial charge in [-0.15, -0.1) is 0 Å². The van der Waals surface area contributed by atoms with Crippen LogP contribution in [0.1, 0.15) is 29.6 Å². The third-order valence-electron chi connectivity index (χ3n) is 3.59. The third kappa shape index (κ3) is 3.34. The highest BCUT2D eigenvalue weighted by molar-refractivity contribution is 5.32. The third-order valence-corrected chi connectivity index (χ3v) is 3.59. The lowest BCUT2D eigenvalue weighted by Gasteiger charge is -2.26. The first-order valence-electron chi connectivity index (χ1n) is 7.03. The summed E-state index contributed by atoms with van der Waals surface area (Å²) in [4.78, 5) is 0. The van der Waals surface area contributed by atoms with E-state index in [1.165, 1.54) is 18.3 Å². The molecule has 2 aromatic rings. The molecule has 0 aliphatic carbocycles. The molecule has 2 heterocycles. The van der Waals surface area contributed by atoms with E-state index >= 15 is 0 Å². The summed E-state index contributed by atoms with van der Waals surface area (Å²) in [6.45, 7) is -2.32. The van der Waals surface area contributed by atoms with Crippen molar-refractivity contribution in [1.82, 2.24) is 9.78 Å². The Hall–Kier alpha value is -2.82. The maximum atomic E-state index is 12.4. The molecule has 23 heavy (non-hydrogen) atoms. The number of aromatic nitrogens is 2. The van der Waals surface area contributed by atoms with Crippen molar-refractivity contribution in [3.8, 4) is 11.8 Å². The number of alkyl halides is 2. The van der Waals surface area contributed by atoms with Crippen LogP contribution < -0.4 is 4.74 Å². The SMILES string of the molecule is N#Cc1cnn(C2CCN=NC2c2cccc(OC(F)F)c2)c1. The van der Waals surface area contributed by atoms with Crippen molar-refractivity contribution < 1.29 is 13.5 Å². The molecule has 2 atom stereocenters. The van der Waals surface area contributed by atoms with Gasteiger partial charge >= 0.3 is 6.61 Å². The predicted octanol–water partition coefficient (Wildman–Crippen LogP) is 3.49. The summed E-state index contributed by atoms with van der Waals surface area (Å²) in [6, 6.07) is 7.96. The molecule has 0 spiro atoms. The van der Waals surface area contributed by atoms with Crippen molar-refractivity contribution in [3.05, 3.63) is 47.8 Å². The number of nitriles is 1. The number of rotatable bonds is 4. The molecule has 118 valence electrons. The normalized spacial score (nSPS) is 20.4. The van der Waals surface area contributed by atoms with Gasteiger partial charge in [-0.2, -0.15) is 29.4 Å². The monoisotopic (exact) mass is 317 g/mol. The maximum absolute atomic E-state index is 12.4. The minimum atomic E-state index is -2.88. The van der Waals surface area contributed by atoms with Crippen molar-refractivity contribution in [2.45, 2.75) is 25.1 Å². The van der Waals surface area contributed by atoms with Gasteiger partial charge in [0, 0.05) is 6.20 Å². The summed E-state index contributed by atoms with van der Waals surface area (Å²) in [5, 5.41) is 21.4. The summed E-state index contributed by atoms with van der Waals surface area (Å²) >= 11 is 0. The van der Waals surface area contributed by atoms with Crippen molar-refractivity contribution in [1.29, 1.82) is 5.26 Å². The van der Waals surface area contributed by atoms with Crippen LogP contribution in [0.4, 0.5) is 8.78 Å². The largest absolute Gasteiger partial charge is 0.435 e. The average Bonchev–Trinajstić information content (AvgIpc) is 3.03. The molecule has 0 radical (unpaired) electrons. The van der Waals surface area contributed by atoms with Crippen molar-refractivity contribution in [2.75, 3.05) is 6.54 Å². The minimum Gasteiger partial charge on any atom is -0.435 e. The molecule has 1 aromatic carbocycles. The van der Waals surface area contributed by atoms with E-state index in [0.29, 0.717) is 24.1 Å². The van der Waals surface area contributed by atoms with Crippen LogP contribution in [0.15, 0.2) is 46.9 Å². The Balaban J connectivity index is 1.91. The molecule has 3 rings (SSSR count). The number of hydrogen-bond acceptors (Lipinski definition) is 5. The Morgan fingerprint density at radius 1 is 1.39 bits per heavy atom. The number of halogens is 2. The van der Waals surface area contributed by atoms with E-state index in [-0.39, 0.29) is 17.8 Å². The lowest BCUT2D eigenvalue weighted by Crippen LogP contribution is -2.21. The van der Waals surface area contributed by atoms with Gasteiger partial charge in [-0.1, -0.05) is 12.1 Å². The molecule has 1 aromatic heterocycles. The van der Waals surface area contributed by atoms with Crippen LogP contribution >= 0.6 is 0 Å². The number of hydrogen-bond donors (Lipinski definition) is 0. The molecule has 0 amide bonds. The van der Waals surface area contributed by atoms with Crippen LogP contribution in [0.25, 0.3) is 0 Å². The average molecular weight is 317 g/mol.